The van der Waals surface area contributed by atoms with E-state index in [4.69, 9.17) is 9.15 Å². The number of amides is 2. The molecule has 1 N–H and O–H groups in total. The second-order valence-electron chi connectivity index (χ2n) is 7.65. The van der Waals surface area contributed by atoms with Crippen LogP contribution in [0, 0.1) is 6.92 Å². The molecule has 0 fully saturated rings. The Bertz CT molecular complexity index is 1070. The largest absolute Gasteiger partial charge is 0.484 e. The van der Waals surface area contributed by atoms with Crippen molar-refractivity contribution >= 4 is 11.8 Å². The number of hydrogen-bond acceptors (Lipinski definition) is 4. The minimum absolute atomic E-state index is 0.0449. The standard InChI is InChI=1S/C25H26N2O4/c1-3-26-23(28)16-31-20-10-9-18-11-12-27(25(29)22-8-5-13-30-22)24(21(18)15-20)19-7-4-6-17(2)14-19/h4-10,13-15,24H,3,11-12,16H2,1-2H3,(H,26,28)/t24-/m1/s1. The Kier molecular flexibility index (Phi) is 6.07. The number of hydrogen-bond donors (Lipinski definition) is 1. The molecule has 0 radical (unpaired) electrons. The van der Waals surface area contributed by atoms with Gasteiger partial charge in [-0.25, -0.2) is 0 Å². The molecule has 0 bridgehead atoms. The van der Waals surface area contributed by atoms with Crippen LogP contribution < -0.4 is 10.1 Å². The predicted octanol–water partition coefficient (Wildman–Crippen LogP) is 3.89. The smallest absolute Gasteiger partial charge is 0.290 e. The minimum Gasteiger partial charge on any atom is -0.484 e. The lowest BCUT2D eigenvalue weighted by Gasteiger charge is -2.37. The monoisotopic (exact) mass is 418 g/mol. The molecule has 160 valence electrons. The SMILES string of the molecule is CCNC(=O)COc1ccc2c(c1)[C@@H](c1cccc(C)c1)N(C(=O)c1ccco1)CC2. The summed E-state index contributed by atoms with van der Waals surface area (Å²) < 4.78 is 11.1. The molecule has 2 amide bonds. The molecule has 2 heterocycles. The van der Waals surface area contributed by atoms with Crippen LogP contribution in [-0.2, 0) is 11.2 Å². The summed E-state index contributed by atoms with van der Waals surface area (Å²) in [6, 6.07) is 17.2. The average Bonchev–Trinajstić information content (AvgIpc) is 3.31. The van der Waals surface area contributed by atoms with Crippen molar-refractivity contribution in [3.05, 3.63) is 88.9 Å². The van der Waals surface area contributed by atoms with E-state index < -0.39 is 0 Å². The van der Waals surface area contributed by atoms with Gasteiger partial charge in [-0.3, -0.25) is 9.59 Å². The van der Waals surface area contributed by atoms with Crippen LogP contribution in [0.2, 0.25) is 0 Å². The number of carbonyl (C=O) groups excluding carboxylic acids is 2. The van der Waals surface area contributed by atoms with Crippen LogP contribution in [0.25, 0.3) is 0 Å². The van der Waals surface area contributed by atoms with Gasteiger partial charge in [0.2, 0.25) is 0 Å². The molecule has 3 aromatic rings. The van der Waals surface area contributed by atoms with Gasteiger partial charge in [0.05, 0.1) is 12.3 Å². The second kappa shape index (κ2) is 9.08. The maximum atomic E-state index is 13.3. The quantitative estimate of drug-likeness (QED) is 0.659. The number of carbonyl (C=O) groups is 2. The molecule has 1 atom stereocenters. The second-order valence-corrected chi connectivity index (χ2v) is 7.65. The summed E-state index contributed by atoms with van der Waals surface area (Å²) in [5.74, 6) is 0.626. The summed E-state index contributed by atoms with van der Waals surface area (Å²) in [6.45, 7) is 5.01. The summed E-state index contributed by atoms with van der Waals surface area (Å²) in [4.78, 5) is 26.9. The lowest BCUT2D eigenvalue weighted by Crippen LogP contribution is -2.40. The number of benzene rings is 2. The third-order valence-electron chi connectivity index (χ3n) is 5.44. The summed E-state index contributed by atoms with van der Waals surface area (Å²) in [6.07, 6.45) is 2.25. The zero-order valence-corrected chi connectivity index (χ0v) is 17.8. The molecule has 1 aliphatic heterocycles. The first kappa shape index (κ1) is 20.7. The van der Waals surface area contributed by atoms with Crippen LogP contribution in [0.5, 0.6) is 5.75 Å². The first-order valence-electron chi connectivity index (χ1n) is 10.5. The van der Waals surface area contributed by atoms with E-state index in [-0.39, 0.29) is 24.5 Å². The minimum atomic E-state index is -0.269. The van der Waals surface area contributed by atoms with Crippen molar-refractivity contribution in [2.75, 3.05) is 19.7 Å². The molecule has 0 unspecified atom stereocenters. The molecule has 6 nitrogen and oxygen atoms in total. The highest BCUT2D eigenvalue weighted by Crippen LogP contribution is 2.38. The van der Waals surface area contributed by atoms with Crippen LogP contribution in [-0.4, -0.2) is 36.4 Å². The van der Waals surface area contributed by atoms with E-state index in [1.807, 2.05) is 55.1 Å². The van der Waals surface area contributed by atoms with Crippen molar-refractivity contribution in [2.45, 2.75) is 26.3 Å². The fourth-order valence-electron chi connectivity index (χ4n) is 4.04. The van der Waals surface area contributed by atoms with Gasteiger partial charge in [-0.1, -0.05) is 35.9 Å². The highest BCUT2D eigenvalue weighted by molar-refractivity contribution is 5.92. The highest BCUT2D eigenvalue weighted by atomic mass is 16.5. The van der Waals surface area contributed by atoms with Gasteiger partial charge in [0.15, 0.2) is 12.4 Å². The Balaban J connectivity index is 1.71. The lowest BCUT2D eigenvalue weighted by molar-refractivity contribution is -0.122. The van der Waals surface area contributed by atoms with Gasteiger partial charge in [-0.15, -0.1) is 0 Å². The first-order valence-corrected chi connectivity index (χ1v) is 10.5. The molecule has 0 saturated heterocycles. The Morgan fingerprint density at radius 3 is 2.77 bits per heavy atom. The van der Waals surface area contributed by atoms with E-state index in [1.54, 1.807) is 12.1 Å². The molecule has 0 spiro atoms. The van der Waals surface area contributed by atoms with E-state index in [2.05, 4.69) is 11.4 Å². The number of fused-ring (bicyclic) bond motifs is 1. The average molecular weight is 418 g/mol. The Morgan fingerprint density at radius 2 is 2.03 bits per heavy atom. The fourth-order valence-corrected chi connectivity index (χ4v) is 4.04. The number of rotatable bonds is 6. The zero-order valence-electron chi connectivity index (χ0n) is 17.8. The van der Waals surface area contributed by atoms with E-state index in [1.165, 1.54) is 11.8 Å². The predicted molar refractivity (Wildman–Crippen MR) is 117 cm³/mol. The summed E-state index contributed by atoms with van der Waals surface area (Å²) in [7, 11) is 0. The van der Waals surface area contributed by atoms with Crippen LogP contribution in [0.1, 0.15) is 45.8 Å². The van der Waals surface area contributed by atoms with Gasteiger partial charge >= 0.3 is 0 Å². The number of ether oxygens (including phenoxy) is 1. The summed E-state index contributed by atoms with van der Waals surface area (Å²) in [5.41, 5.74) is 4.32. The van der Waals surface area contributed by atoms with Gasteiger partial charge in [0.25, 0.3) is 11.8 Å². The van der Waals surface area contributed by atoms with Crippen LogP contribution in [0.4, 0.5) is 0 Å². The normalized spacial score (nSPS) is 15.3. The zero-order chi connectivity index (χ0) is 21.8. The Hall–Kier alpha value is -3.54. The third kappa shape index (κ3) is 4.48. The van der Waals surface area contributed by atoms with Crippen molar-refractivity contribution in [1.82, 2.24) is 10.2 Å². The summed E-state index contributed by atoms with van der Waals surface area (Å²) in [5, 5.41) is 2.73. The van der Waals surface area contributed by atoms with Gasteiger partial charge in [-0.05, 0) is 61.2 Å². The number of likely N-dealkylation sites (N-methyl/N-ethyl adjacent to an activating group) is 1. The molecule has 1 aromatic heterocycles. The third-order valence-corrected chi connectivity index (χ3v) is 5.44. The maximum absolute atomic E-state index is 13.3. The van der Waals surface area contributed by atoms with E-state index in [9.17, 15) is 9.59 Å². The molecular formula is C25H26N2O4. The Morgan fingerprint density at radius 1 is 1.16 bits per heavy atom. The molecule has 2 aromatic carbocycles. The molecular weight excluding hydrogens is 392 g/mol. The summed E-state index contributed by atoms with van der Waals surface area (Å²) >= 11 is 0. The lowest BCUT2D eigenvalue weighted by atomic mass is 9.87. The number of nitrogens with zero attached hydrogens (tertiary/aromatic N) is 1. The number of aryl methyl sites for hydroxylation is 1. The molecule has 0 saturated carbocycles. The molecule has 0 aliphatic carbocycles. The maximum Gasteiger partial charge on any atom is 0.290 e. The highest BCUT2D eigenvalue weighted by Gasteiger charge is 2.34. The van der Waals surface area contributed by atoms with Crippen LogP contribution in [0.3, 0.4) is 0 Å². The van der Waals surface area contributed by atoms with Gasteiger partial charge in [0, 0.05) is 13.1 Å². The van der Waals surface area contributed by atoms with Crippen molar-refractivity contribution in [3.63, 3.8) is 0 Å². The number of nitrogens with one attached hydrogen (secondary N) is 1. The molecule has 6 heteroatoms. The van der Waals surface area contributed by atoms with Crippen molar-refractivity contribution in [1.29, 1.82) is 0 Å². The van der Waals surface area contributed by atoms with Crippen molar-refractivity contribution in [2.24, 2.45) is 0 Å². The topological polar surface area (TPSA) is 71.8 Å². The Labute approximate surface area is 181 Å². The fraction of sp³-hybridized carbons (Fsp3) is 0.280. The molecule has 4 rings (SSSR count). The molecule has 31 heavy (non-hydrogen) atoms. The van der Waals surface area contributed by atoms with Gasteiger partial charge in [0.1, 0.15) is 5.75 Å². The van der Waals surface area contributed by atoms with Crippen LogP contribution >= 0.6 is 0 Å². The van der Waals surface area contributed by atoms with E-state index in [0.717, 1.165) is 23.1 Å². The van der Waals surface area contributed by atoms with E-state index >= 15 is 0 Å². The number of furan rings is 1. The molecule has 1 aliphatic rings. The van der Waals surface area contributed by atoms with Crippen LogP contribution in [0.15, 0.2) is 65.3 Å². The van der Waals surface area contributed by atoms with Gasteiger partial charge in [-0.2, -0.15) is 0 Å². The van der Waals surface area contributed by atoms with Gasteiger partial charge < -0.3 is 19.4 Å². The van der Waals surface area contributed by atoms with E-state index in [0.29, 0.717) is 24.6 Å². The van der Waals surface area contributed by atoms with Crippen molar-refractivity contribution < 1.29 is 18.7 Å². The first-order chi connectivity index (χ1) is 15.1. The van der Waals surface area contributed by atoms with Crippen molar-refractivity contribution in [3.8, 4) is 5.75 Å².